The van der Waals surface area contributed by atoms with E-state index in [1.807, 2.05) is 4.90 Å². The molecule has 0 N–H and O–H groups in total. The van der Waals surface area contributed by atoms with Gasteiger partial charge in [-0.25, -0.2) is 0 Å². The summed E-state index contributed by atoms with van der Waals surface area (Å²) in [5, 5.41) is 0. The average Bonchev–Trinajstić information content (AvgIpc) is 2.70. The normalized spacial score (nSPS) is 27.3. The van der Waals surface area contributed by atoms with Crippen LogP contribution in [0.15, 0.2) is 12.8 Å². The van der Waals surface area contributed by atoms with Gasteiger partial charge in [-0.3, -0.25) is 4.79 Å². The van der Waals surface area contributed by atoms with Gasteiger partial charge in [-0.05, 0) is 25.7 Å². The van der Waals surface area contributed by atoms with Crippen LogP contribution < -0.4 is 0 Å². The van der Waals surface area contributed by atoms with E-state index in [0.717, 1.165) is 6.42 Å². The van der Waals surface area contributed by atoms with Crippen molar-refractivity contribution in [3.8, 4) is 0 Å². The van der Waals surface area contributed by atoms with Crippen LogP contribution in [0.5, 0.6) is 0 Å². The van der Waals surface area contributed by atoms with E-state index in [4.69, 9.17) is 0 Å². The third-order valence-electron chi connectivity index (χ3n) is 2.82. The minimum Gasteiger partial charge on any atom is -0.314 e. The van der Waals surface area contributed by atoms with Crippen molar-refractivity contribution in [3.63, 3.8) is 0 Å². The summed E-state index contributed by atoms with van der Waals surface area (Å²) in [5.41, 5.74) is 0.233. The van der Waals surface area contributed by atoms with Crippen LogP contribution >= 0.6 is 0 Å². The Labute approximate surface area is 66.9 Å². The number of nitrogens with zero attached hydrogens (tertiary/aromatic N) is 1. The SMILES string of the molecule is C=CN1C(=O)CCCC12CC2. The van der Waals surface area contributed by atoms with Gasteiger partial charge in [0.1, 0.15) is 0 Å². The van der Waals surface area contributed by atoms with Crippen LogP contribution in [0.1, 0.15) is 32.1 Å². The van der Waals surface area contributed by atoms with E-state index in [9.17, 15) is 4.79 Å². The van der Waals surface area contributed by atoms with Crippen molar-refractivity contribution in [1.82, 2.24) is 4.90 Å². The highest BCUT2D eigenvalue weighted by Gasteiger charge is 2.50. The zero-order chi connectivity index (χ0) is 7.90. The molecule has 2 fully saturated rings. The standard InChI is InChI=1S/C9H13NO/c1-2-10-8(11)4-3-5-9(10)6-7-9/h2H,1,3-7H2. The predicted molar refractivity (Wildman–Crippen MR) is 42.9 cm³/mol. The maximum absolute atomic E-state index is 11.3. The Balaban J connectivity index is 2.20. The molecule has 1 saturated carbocycles. The van der Waals surface area contributed by atoms with Gasteiger partial charge in [0.15, 0.2) is 0 Å². The van der Waals surface area contributed by atoms with Crippen molar-refractivity contribution in [3.05, 3.63) is 12.8 Å². The fourth-order valence-corrected chi connectivity index (χ4v) is 2.00. The topological polar surface area (TPSA) is 20.3 Å². The predicted octanol–water partition coefficient (Wildman–Crippen LogP) is 1.68. The molecule has 2 nitrogen and oxygen atoms in total. The average molecular weight is 151 g/mol. The van der Waals surface area contributed by atoms with Crippen LogP contribution in [0.3, 0.4) is 0 Å². The number of carbonyl (C=O) groups is 1. The molecular formula is C9H13NO. The van der Waals surface area contributed by atoms with Crippen LogP contribution in [0.2, 0.25) is 0 Å². The first-order chi connectivity index (χ1) is 5.28. The molecule has 2 heteroatoms. The van der Waals surface area contributed by atoms with Crippen molar-refractivity contribution < 1.29 is 4.79 Å². The molecule has 0 bridgehead atoms. The van der Waals surface area contributed by atoms with Crippen molar-refractivity contribution in [1.29, 1.82) is 0 Å². The highest BCUT2D eigenvalue weighted by molar-refractivity contribution is 5.79. The van der Waals surface area contributed by atoms with Gasteiger partial charge in [0.05, 0.1) is 0 Å². The molecule has 0 aromatic heterocycles. The number of rotatable bonds is 1. The molecule has 60 valence electrons. The zero-order valence-corrected chi connectivity index (χ0v) is 6.68. The van der Waals surface area contributed by atoms with E-state index in [1.165, 1.54) is 19.3 Å². The second-order valence-electron chi connectivity index (χ2n) is 3.52. The molecule has 1 spiro atoms. The molecule has 0 aromatic carbocycles. The summed E-state index contributed by atoms with van der Waals surface area (Å²) in [4.78, 5) is 13.2. The first-order valence-electron chi connectivity index (χ1n) is 4.23. The number of likely N-dealkylation sites (tertiary alicyclic amines) is 1. The molecule has 11 heavy (non-hydrogen) atoms. The van der Waals surface area contributed by atoms with Crippen LogP contribution in [-0.2, 0) is 4.79 Å². The van der Waals surface area contributed by atoms with Gasteiger partial charge in [-0.2, -0.15) is 0 Å². The van der Waals surface area contributed by atoms with Gasteiger partial charge >= 0.3 is 0 Å². The fraction of sp³-hybridized carbons (Fsp3) is 0.667. The molecule has 1 aliphatic carbocycles. The lowest BCUT2D eigenvalue weighted by atomic mass is 10.0. The quantitative estimate of drug-likeness (QED) is 0.558. The summed E-state index contributed by atoms with van der Waals surface area (Å²) in [6, 6.07) is 0. The molecule has 1 amide bonds. The third kappa shape index (κ3) is 0.889. The second kappa shape index (κ2) is 2.10. The van der Waals surface area contributed by atoms with E-state index in [-0.39, 0.29) is 11.4 Å². The summed E-state index contributed by atoms with van der Waals surface area (Å²) in [6.45, 7) is 3.68. The Bertz CT molecular complexity index is 206. The molecule has 2 rings (SSSR count). The molecule has 0 aromatic rings. The van der Waals surface area contributed by atoms with Crippen molar-refractivity contribution >= 4 is 5.91 Å². The molecule has 1 saturated heterocycles. The van der Waals surface area contributed by atoms with Gasteiger partial charge < -0.3 is 4.90 Å². The third-order valence-corrected chi connectivity index (χ3v) is 2.82. The summed E-state index contributed by atoms with van der Waals surface area (Å²) < 4.78 is 0. The monoisotopic (exact) mass is 151 g/mol. The largest absolute Gasteiger partial charge is 0.314 e. The Hall–Kier alpha value is -0.790. The Morgan fingerprint density at radius 1 is 1.45 bits per heavy atom. The number of piperidine rings is 1. The second-order valence-corrected chi connectivity index (χ2v) is 3.52. The van der Waals surface area contributed by atoms with E-state index in [0.29, 0.717) is 6.42 Å². The maximum atomic E-state index is 11.3. The van der Waals surface area contributed by atoms with Crippen LogP contribution in [0.25, 0.3) is 0 Å². The number of hydrogen-bond acceptors (Lipinski definition) is 1. The van der Waals surface area contributed by atoms with Gasteiger partial charge in [-0.1, -0.05) is 6.58 Å². The number of amides is 1. The molecule has 0 unspecified atom stereocenters. The lowest BCUT2D eigenvalue weighted by Gasteiger charge is -2.33. The van der Waals surface area contributed by atoms with E-state index < -0.39 is 0 Å². The Kier molecular flexibility index (Phi) is 1.31. The van der Waals surface area contributed by atoms with Gasteiger partial charge in [0.2, 0.25) is 5.91 Å². The lowest BCUT2D eigenvalue weighted by molar-refractivity contribution is -0.133. The Morgan fingerprint density at radius 2 is 2.18 bits per heavy atom. The minimum absolute atomic E-state index is 0.233. The zero-order valence-electron chi connectivity index (χ0n) is 6.68. The Morgan fingerprint density at radius 3 is 2.64 bits per heavy atom. The molecule has 0 radical (unpaired) electrons. The van der Waals surface area contributed by atoms with E-state index in [1.54, 1.807) is 6.20 Å². The fourth-order valence-electron chi connectivity index (χ4n) is 2.00. The summed E-state index contributed by atoms with van der Waals surface area (Å²) >= 11 is 0. The molecule has 1 heterocycles. The van der Waals surface area contributed by atoms with Crippen molar-refractivity contribution in [2.45, 2.75) is 37.6 Å². The first kappa shape index (κ1) is 6.89. The van der Waals surface area contributed by atoms with Gasteiger partial charge in [0.25, 0.3) is 0 Å². The highest BCUT2D eigenvalue weighted by Crippen LogP contribution is 2.48. The molecular weight excluding hydrogens is 138 g/mol. The van der Waals surface area contributed by atoms with Crippen LogP contribution in [0, 0.1) is 0 Å². The van der Waals surface area contributed by atoms with Crippen molar-refractivity contribution in [2.24, 2.45) is 0 Å². The van der Waals surface area contributed by atoms with Crippen LogP contribution in [-0.4, -0.2) is 16.3 Å². The highest BCUT2D eigenvalue weighted by atomic mass is 16.2. The maximum Gasteiger partial charge on any atom is 0.227 e. The minimum atomic E-state index is 0.233. The molecule has 2 aliphatic rings. The van der Waals surface area contributed by atoms with Crippen LogP contribution in [0.4, 0.5) is 0 Å². The summed E-state index contributed by atoms with van der Waals surface area (Å²) in [5.74, 6) is 0.267. The number of hydrogen-bond donors (Lipinski definition) is 0. The van der Waals surface area contributed by atoms with Gasteiger partial charge in [-0.15, -0.1) is 0 Å². The van der Waals surface area contributed by atoms with Gasteiger partial charge in [0, 0.05) is 18.2 Å². The molecule has 0 atom stereocenters. The molecule has 1 aliphatic heterocycles. The summed E-state index contributed by atoms with van der Waals surface area (Å²) in [6.07, 6.45) is 7.05. The number of carbonyl (C=O) groups excluding carboxylic acids is 1. The first-order valence-corrected chi connectivity index (χ1v) is 4.23. The smallest absolute Gasteiger partial charge is 0.227 e. The van der Waals surface area contributed by atoms with E-state index >= 15 is 0 Å². The van der Waals surface area contributed by atoms with Crippen molar-refractivity contribution in [2.75, 3.05) is 0 Å². The lowest BCUT2D eigenvalue weighted by Crippen LogP contribution is -2.41. The summed E-state index contributed by atoms with van der Waals surface area (Å²) in [7, 11) is 0. The van der Waals surface area contributed by atoms with E-state index in [2.05, 4.69) is 6.58 Å².